The van der Waals surface area contributed by atoms with Gasteiger partial charge in [0.05, 0.1) is 16.5 Å². The second-order valence-corrected chi connectivity index (χ2v) is 9.63. The smallest absolute Gasteiger partial charge is 0.238 e. The summed E-state index contributed by atoms with van der Waals surface area (Å²) in [5, 5.41) is 17.3. The number of hydrogen-bond acceptors (Lipinski definition) is 6. The molecular formula is C22H22ClN5O3S. The predicted molar refractivity (Wildman–Crippen MR) is 124 cm³/mol. The maximum absolute atomic E-state index is 12.8. The van der Waals surface area contributed by atoms with E-state index in [1.54, 1.807) is 0 Å². The van der Waals surface area contributed by atoms with Crippen molar-refractivity contribution in [2.75, 3.05) is 23.3 Å². The first-order valence-electron chi connectivity index (χ1n) is 10.1. The summed E-state index contributed by atoms with van der Waals surface area (Å²) in [6, 6.07) is 17.0. The highest BCUT2D eigenvalue weighted by molar-refractivity contribution is 7.89. The van der Waals surface area contributed by atoms with E-state index in [2.05, 4.69) is 20.4 Å². The standard InChI is InChI=1S/C22H22ClN5O3S/c23-17-5-3-15(4-6-17)20-11-12-21(27-26-20)28-13-1-2-16(14-28)22(29)25-18-7-9-19(10-8-18)32(24,30)31/h3-12,16H,1-2,13-14H2,(H,25,29)(H2,24,30,31). The van der Waals surface area contributed by atoms with Crippen LogP contribution in [0.15, 0.2) is 65.6 Å². The van der Waals surface area contributed by atoms with Gasteiger partial charge in [-0.2, -0.15) is 0 Å². The minimum atomic E-state index is -3.77. The van der Waals surface area contributed by atoms with Gasteiger partial charge in [0.25, 0.3) is 0 Å². The molecule has 1 aromatic heterocycles. The van der Waals surface area contributed by atoms with Gasteiger partial charge in [0.15, 0.2) is 5.82 Å². The molecule has 2 aromatic carbocycles. The van der Waals surface area contributed by atoms with Gasteiger partial charge in [-0.05, 0) is 61.4 Å². The summed E-state index contributed by atoms with van der Waals surface area (Å²) in [5.41, 5.74) is 2.20. The third-order valence-electron chi connectivity index (χ3n) is 5.36. The number of primary sulfonamides is 1. The topological polar surface area (TPSA) is 118 Å². The highest BCUT2D eigenvalue weighted by atomic mass is 35.5. The van der Waals surface area contributed by atoms with E-state index in [4.69, 9.17) is 16.7 Å². The molecule has 1 unspecified atom stereocenters. The highest BCUT2D eigenvalue weighted by Gasteiger charge is 2.27. The average molecular weight is 472 g/mol. The first-order valence-corrected chi connectivity index (χ1v) is 12.0. The Morgan fingerprint density at radius 2 is 1.75 bits per heavy atom. The van der Waals surface area contributed by atoms with Crippen LogP contribution in [0, 0.1) is 5.92 Å². The van der Waals surface area contributed by atoms with Gasteiger partial charge < -0.3 is 10.2 Å². The number of carbonyl (C=O) groups is 1. The van der Waals surface area contributed by atoms with E-state index in [9.17, 15) is 13.2 Å². The number of anilines is 2. The molecule has 1 saturated heterocycles. The van der Waals surface area contributed by atoms with Crippen LogP contribution in [0.3, 0.4) is 0 Å². The Kier molecular flexibility index (Phi) is 6.40. The maximum Gasteiger partial charge on any atom is 0.238 e. The Balaban J connectivity index is 1.40. The second-order valence-electron chi connectivity index (χ2n) is 7.63. The lowest BCUT2D eigenvalue weighted by Gasteiger charge is -2.32. The van der Waals surface area contributed by atoms with Crippen LogP contribution in [0.2, 0.25) is 5.02 Å². The summed E-state index contributed by atoms with van der Waals surface area (Å²) in [4.78, 5) is 14.8. The lowest BCUT2D eigenvalue weighted by Crippen LogP contribution is -2.41. The molecule has 1 fully saturated rings. The molecule has 0 bridgehead atoms. The summed E-state index contributed by atoms with van der Waals surface area (Å²) >= 11 is 5.94. The zero-order valence-electron chi connectivity index (χ0n) is 17.1. The summed E-state index contributed by atoms with van der Waals surface area (Å²) in [6.45, 7) is 1.32. The Morgan fingerprint density at radius 1 is 1.03 bits per heavy atom. The van der Waals surface area contributed by atoms with Gasteiger partial charge in [-0.1, -0.05) is 23.7 Å². The number of aromatic nitrogens is 2. The number of benzene rings is 2. The molecule has 166 valence electrons. The zero-order valence-corrected chi connectivity index (χ0v) is 18.7. The fraction of sp³-hybridized carbons (Fsp3) is 0.227. The van der Waals surface area contributed by atoms with Crippen LogP contribution in [0.4, 0.5) is 11.5 Å². The molecule has 0 saturated carbocycles. The lowest BCUT2D eigenvalue weighted by atomic mass is 9.97. The Labute approximate surface area is 191 Å². The molecule has 3 N–H and O–H groups in total. The van der Waals surface area contributed by atoms with Gasteiger partial charge in [0.2, 0.25) is 15.9 Å². The first kappa shape index (κ1) is 22.2. The summed E-state index contributed by atoms with van der Waals surface area (Å²) < 4.78 is 22.7. The number of piperidine rings is 1. The number of nitrogens with zero attached hydrogens (tertiary/aromatic N) is 3. The molecule has 0 radical (unpaired) electrons. The molecule has 10 heteroatoms. The number of halogens is 1. The van der Waals surface area contributed by atoms with Crippen molar-refractivity contribution in [2.45, 2.75) is 17.7 Å². The third kappa shape index (κ3) is 5.24. The molecule has 0 spiro atoms. The molecule has 1 atom stereocenters. The summed E-state index contributed by atoms with van der Waals surface area (Å²) in [5.74, 6) is 0.376. The van der Waals surface area contributed by atoms with Crippen molar-refractivity contribution in [3.63, 3.8) is 0 Å². The molecule has 8 nitrogen and oxygen atoms in total. The van der Waals surface area contributed by atoms with Crippen LogP contribution in [0.25, 0.3) is 11.3 Å². The third-order valence-corrected chi connectivity index (χ3v) is 6.54. The van der Waals surface area contributed by atoms with E-state index in [1.807, 2.05) is 36.4 Å². The molecule has 1 aliphatic heterocycles. The van der Waals surface area contributed by atoms with E-state index < -0.39 is 10.0 Å². The maximum atomic E-state index is 12.8. The number of sulfonamides is 1. The normalized spacial score (nSPS) is 16.6. The summed E-state index contributed by atoms with van der Waals surface area (Å²) in [7, 11) is -3.77. The number of nitrogens with two attached hydrogens (primary N) is 1. The van der Waals surface area contributed by atoms with E-state index in [0.717, 1.165) is 36.5 Å². The van der Waals surface area contributed by atoms with E-state index >= 15 is 0 Å². The quantitative estimate of drug-likeness (QED) is 0.589. The van der Waals surface area contributed by atoms with Gasteiger partial charge in [0, 0.05) is 29.4 Å². The zero-order chi connectivity index (χ0) is 22.7. The van der Waals surface area contributed by atoms with Gasteiger partial charge >= 0.3 is 0 Å². The second kappa shape index (κ2) is 9.23. The van der Waals surface area contributed by atoms with Crippen LogP contribution in [0.5, 0.6) is 0 Å². The van der Waals surface area contributed by atoms with Crippen molar-refractivity contribution in [1.82, 2.24) is 10.2 Å². The molecule has 3 aromatic rings. The van der Waals surface area contributed by atoms with Gasteiger partial charge in [-0.25, -0.2) is 13.6 Å². The van der Waals surface area contributed by atoms with Crippen LogP contribution in [-0.2, 0) is 14.8 Å². The molecule has 1 aliphatic rings. The SMILES string of the molecule is NS(=O)(=O)c1ccc(NC(=O)C2CCCN(c3ccc(-c4ccc(Cl)cc4)nn3)C2)cc1. The van der Waals surface area contributed by atoms with E-state index in [-0.39, 0.29) is 16.7 Å². The number of rotatable bonds is 5. The average Bonchev–Trinajstić information content (AvgIpc) is 2.79. The fourth-order valence-corrected chi connectivity index (χ4v) is 4.28. The molecule has 32 heavy (non-hydrogen) atoms. The molecule has 0 aliphatic carbocycles. The minimum absolute atomic E-state index is 0.0000352. The number of hydrogen-bond donors (Lipinski definition) is 2. The lowest BCUT2D eigenvalue weighted by molar-refractivity contribution is -0.120. The van der Waals surface area contributed by atoms with Crippen molar-refractivity contribution in [3.05, 3.63) is 65.7 Å². The van der Waals surface area contributed by atoms with Gasteiger partial charge in [-0.15, -0.1) is 10.2 Å². The summed E-state index contributed by atoms with van der Waals surface area (Å²) in [6.07, 6.45) is 1.61. The Morgan fingerprint density at radius 3 is 2.38 bits per heavy atom. The molecule has 1 amide bonds. The Hall–Kier alpha value is -3.01. The first-order chi connectivity index (χ1) is 15.3. The molecular weight excluding hydrogens is 450 g/mol. The monoisotopic (exact) mass is 471 g/mol. The number of nitrogens with one attached hydrogen (secondary N) is 1. The minimum Gasteiger partial charge on any atom is -0.354 e. The molecule has 2 heterocycles. The van der Waals surface area contributed by atoms with Crippen molar-refractivity contribution in [3.8, 4) is 11.3 Å². The number of amides is 1. The Bertz CT molecular complexity index is 1200. The van der Waals surface area contributed by atoms with Crippen LogP contribution in [0.1, 0.15) is 12.8 Å². The van der Waals surface area contributed by atoms with Crippen LogP contribution < -0.4 is 15.4 Å². The van der Waals surface area contributed by atoms with Crippen molar-refractivity contribution in [2.24, 2.45) is 11.1 Å². The predicted octanol–water partition coefficient (Wildman–Crippen LogP) is 3.30. The van der Waals surface area contributed by atoms with Crippen molar-refractivity contribution in [1.29, 1.82) is 0 Å². The van der Waals surface area contributed by atoms with E-state index in [1.165, 1.54) is 24.3 Å². The number of carbonyl (C=O) groups excluding carboxylic acids is 1. The highest BCUT2D eigenvalue weighted by Crippen LogP contribution is 2.25. The van der Waals surface area contributed by atoms with Crippen molar-refractivity contribution >= 4 is 39.0 Å². The van der Waals surface area contributed by atoms with Crippen molar-refractivity contribution < 1.29 is 13.2 Å². The largest absolute Gasteiger partial charge is 0.354 e. The molecule has 4 rings (SSSR count). The van der Waals surface area contributed by atoms with Gasteiger partial charge in [0.1, 0.15) is 0 Å². The van der Waals surface area contributed by atoms with Crippen LogP contribution >= 0.6 is 11.6 Å². The van der Waals surface area contributed by atoms with E-state index in [0.29, 0.717) is 17.3 Å². The van der Waals surface area contributed by atoms with Crippen LogP contribution in [-0.4, -0.2) is 37.6 Å². The fourth-order valence-electron chi connectivity index (χ4n) is 3.64. The van der Waals surface area contributed by atoms with Gasteiger partial charge in [-0.3, -0.25) is 4.79 Å².